The number of nitrogens with zero attached hydrogens (tertiary/aromatic N) is 1. The van der Waals surface area contributed by atoms with E-state index in [1.54, 1.807) is 24.3 Å². The van der Waals surface area contributed by atoms with Crippen LogP contribution in [-0.2, 0) is 15.3 Å². The lowest BCUT2D eigenvalue weighted by Crippen LogP contribution is -2.46. The van der Waals surface area contributed by atoms with Crippen molar-refractivity contribution in [1.82, 2.24) is 9.99 Å². The van der Waals surface area contributed by atoms with E-state index >= 15 is 0 Å². The highest BCUT2D eigenvalue weighted by molar-refractivity contribution is 7.58. The number of halogens is 4. The van der Waals surface area contributed by atoms with Gasteiger partial charge in [-0.3, -0.25) is 9.36 Å². The minimum absolute atomic E-state index is 0.120. The van der Waals surface area contributed by atoms with Gasteiger partial charge in [-0.2, -0.15) is 13.2 Å². The van der Waals surface area contributed by atoms with Gasteiger partial charge in [0.2, 0.25) is 0 Å². The third kappa shape index (κ3) is 7.66. The van der Waals surface area contributed by atoms with Crippen LogP contribution in [-0.4, -0.2) is 41.5 Å². The van der Waals surface area contributed by atoms with Crippen molar-refractivity contribution in [2.75, 3.05) is 19.7 Å². The summed E-state index contributed by atoms with van der Waals surface area (Å²) < 4.78 is 62.3. The zero-order valence-electron chi connectivity index (χ0n) is 23.5. The van der Waals surface area contributed by atoms with Crippen molar-refractivity contribution in [2.45, 2.75) is 78.2 Å². The smallest absolute Gasteiger partial charge is 0.349 e. The molecule has 1 N–H and O–H groups in total. The second-order valence-electron chi connectivity index (χ2n) is 12.0. The summed E-state index contributed by atoms with van der Waals surface area (Å²) in [5.74, 6) is -0.304. The van der Waals surface area contributed by atoms with Crippen LogP contribution < -0.4 is 5.32 Å². The van der Waals surface area contributed by atoms with Crippen LogP contribution in [0.15, 0.2) is 42.5 Å². The standard InChI is InChI=1S/C29H39ClF3N2O3P/c1-7-28(5,6)39(37,38-19-27(2,3)4)35-15-13-23(14-16-35)34-26(36)22-10-8-9-20(17-22)21-11-12-25(30)24(18-21)29(31,32)33/h8-12,17-18,23H,7,13-16,19H2,1-6H3,(H,34,36). The predicted molar refractivity (Wildman–Crippen MR) is 151 cm³/mol. The maximum absolute atomic E-state index is 14.2. The molecule has 2 aromatic carbocycles. The average Bonchev–Trinajstić information content (AvgIpc) is 2.86. The Labute approximate surface area is 235 Å². The number of piperidine rings is 1. The maximum atomic E-state index is 14.2. The molecular weight excluding hydrogens is 548 g/mol. The van der Waals surface area contributed by atoms with E-state index in [1.165, 1.54) is 12.1 Å². The zero-order chi connectivity index (χ0) is 29.2. The normalized spacial score (nSPS) is 17.6. The quantitative estimate of drug-likeness (QED) is 0.314. The Balaban J connectivity index is 1.70. The number of nitrogens with one attached hydrogen (secondary N) is 1. The molecule has 10 heteroatoms. The molecule has 1 atom stereocenters. The summed E-state index contributed by atoms with van der Waals surface area (Å²) in [4.78, 5) is 13.1. The molecule has 5 nitrogen and oxygen atoms in total. The van der Waals surface area contributed by atoms with E-state index in [-0.39, 0.29) is 22.4 Å². The van der Waals surface area contributed by atoms with Crippen LogP contribution in [0, 0.1) is 5.41 Å². The van der Waals surface area contributed by atoms with Gasteiger partial charge in [0.1, 0.15) is 0 Å². The number of hydrogen-bond acceptors (Lipinski definition) is 3. The minimum Gasteiger partial charge on any atom is -0.349 e. The third-order valence-electron chi connectivity index (χ3n) is 7.21. The van der Waals surface area contributed by atoms with Gasteiger partial charge in [-0.1, -0.05) is 57.5 Å². The molecule has 1 aliphatic heterocycles. The molecule has 1 heterocycles. The second kappa shape index (κ2) is 11.9. The van der Waals surface area contributed by atoms with Gasteiger partial charge < -0.3 is 9.84 Å². The van der Waals surface area contributed by atoms with E-state index in [1.807, 2.05) is 25.4 Å². The van der Waals surface area contributed by atoms with Gasteiger partial charge in [0, 0.05) is 24.7 Å². The number of amides is 1. The van der Waals surface area contributed by atoms with Gasteiger partial charge in [0.05, 0.1) is 22.3 Å². The van der Waals surface area contributed by atoms with Crippen LogP contribution in [0.4, 0.5) is 13.2 Å². The molecular formula is C29H39ClF3N2O3P. The van der Waals surface area contributed by atoms with Crippen molar-refractivity contribution < 1.29 is 27.1 Å². The summed E-state index contributed by atoms with van der Waals surface area (Å²) in [6.07, 6.45) is -2.65. The van der Waals surface area contributed by atoms with Gasteiger partial charge >= 0.3 is 6.18 Å². The van der Waals surface area contributed by atoms with Crippen molar-refractivity contribution in [1.29, 1.82) is 0 Å². The van der Waals surface area contributed by atoms with Crippen LogP contribution in [0.5, 0.6) is 0 Å². The van der Waals surface area contributed by atoms with Gasteiger partial charge in [-0.15, -0.1) is 0 Å². The molecule has 0 aliphatic carbocycles. The lowest BCUT2D eigenvalue weighted by Gasteiger charge is -2.44. The number of carbonyl (C=O) groups is 1. The Kier molecular flexibility index (Phi) is 9.69. The number of benzene rings is 2. The highest BCUT2D eigenvalue weighted by Gasteiger charge is 2.47. The number of carbonyl (C=O) groups excluding carboxylic acids is 1. The lowest BCUT2D eigenvalue weighted by atomic mass is 9.99. The van der Waals surface area contributed by atoms with Crippen LogP contribution in [0.1, 0.15) is 76.7 Å². The maximum Gasteiger partial charge on any atom is 0.417 e. The molecule has 216 valence electrons. The zero-order valence-corrected chi connectivity index (χ0v) is 25.1. The van der Waals surface area contributed by atoms with E-state index in [2.05, 4.69) is 26.1 Å². The Morgan fingerprint density at radius 2 is 1.67 bits per heavy atom. The molecule has 1 aliphatic rings. The van der Waals surface area contributed by atoms with Crippen molar-refractivity contribution in [2.24, 2.45) is 5.41 Å². The number of rotatable bonds is 8. The Bertz CT molecular complexity index is 1220. The van der Waals surface area contributed by atoms with E-state index < -0.39 is 24.4 Å². The van der Waals surface area contributed by atoms with E-state index in [0.29, 0.717) is 55.6 Å². The SMILES string of the molecule is CCC(C)(C)P(=O)(OCC(C)(C)C)N1CCC(NC(=O)c2cccc(-c3ccc(Cl)c(C(F)(F)F)c3)c2)CC1. The van der Waals surface area contributed by atoms with Gasteiger partial charge in [-0.05, 0) is 73.9 Å². The van der Waals surface area contributed by atoms with Crippen molar-refractivity contribution in [3.8, 4) is 11.1 Å². The first-order valence-electron chi connectivity index (χ1n) is 13.2. The molecule has 0 saturated carbocycles. The van der Waals surface area contributed by atoms with Crippen LogP contribution >= 0.6 is 19.1 Å². The first-order chi connectivity index (χ1) is 18.0. The molecule has 1 unspecified atom stereocenters. The fourth-order valence-electron chi connectivity index (χ4n) is 4.42. The lowest BCUT2D eigenvalue weighted by molar-refractivity contribution is -0.137. The average molecular weight is 587 g/mol. The molecule has 0 spiro atoms. The molecule has 1 fully saturated rings. The summed E-state index contributed by atoms with van der Waals surface area (Å²) in [6.45, 7) is 13.6. The Morgan fingerprint density at radius 3 is 2.23 bits per heavy atom. The second-order valence-corrected chi connectivity index (χ2v) is 15.5. The largest absolute Gasteiger partial charge is 0.417 e. The number of alkyl halides is 3. The van der Waals surface area contributed by atoms with E-state index in [4.69, 9.17) is 16.1 Å². The van der Waals surface area contributed by atoms with E-state index in [9.17, 15) is 22.5 Å². The van der Waals surface area contributed by atoms with Gasteiger partial charge in [0.25, 0.3) is 13.4 Å². The monoisotopic (exact) mass is 586 g/mol. The molecule has 2 aromatic rings. The van der Waals surface area contributed by atoms with Gasteiger partial charge in [-0.25, -0.2) is 4.67 Å². The Morgan fingerprint density at radius 1 is 1.05 bits per heavy atom. The van der Waals surface area contributed by atoms with Crippen LogP contribution in [0.25, 0.3) is 11.1 Å². The first kappa shape index (κ1) is 31.7. The highest BCUT2D eigenvalue weighted by atomic mass is 35.5. The van der Waals surface area contributed by atoms with Crippen molar-refractivity contribution in [3.05, 3.63) is 58.6 Å². The molecule has 0 radical (unpaired) electrons. The molecule has 1 amide bonds. The molecule has 0 aromatic heterocycles. The topological polar surface area (TPSA) is 58.6 Å². The summed E-state index contributed by atoms with van der Waals surface area (Å²) in [5.41, 5.74) is 0.112. The first-order valence-corrected chi connectivity index (χ1v) is 15.2. The van der Waals surface area contributed by atoms with Crippen LogP contribution in [0.2, 0.25) is 5.02 Å². The number of hydrogen-bond donors (Lipinski definition) is 1. The van der Waals surface area contributed by atoms with Crippen molar-refractivity contribution in [3.63, 3.8) is 0 Å². The highest BCUT2D eigenvalue weighted by Crippen LogP contribution is 2.64. The summed E-state index contributed by atoms with van der Waals surface area (Å²) in [7, 11) is -3.14. The molecule has 1 saturated heterocycles. The molecule has 3 rings (SSSR count). The van der Waals surface area contributed by atoms with Crippen molar-refractivity contribution >= 4 is 25.0 Å². The summed E-state index contributed by atoms with van der Waals surface area (Å²) >= 11 is 5.75. The fourth-order valence-corrected chi connectivity index (χ4v) is 7.65. The van der Waals surface area contributed by atoms with Crippen LogP contribution in [0.3, 0.4) is 0 Å². The molecule has 0 bridgehead atoms. The Hall–Kier alpha value is -1.86. The third-order valence-corrected chi connectivity index (χ3v) is 11.0. The fraction of sp³-hybridized carbons (Fsp3) is 0.552. The summed E-state index contributed by atoms with van der Waals surface area (Å²) in [5, 5.41) is 2.16. The van der Waals surface area contributed by atoms with E-state index in [0.717, 1.165) is 6.07 Å². The summed E-state index contributed by atoms with van der Waals surface area (Å²) in [6, 6.07) is 10.1. The van der Waals surface area contributed by atoms with Gasteiger partial charge in [0.15, 0.2) is 0 Å². The minimum atomic E-state index is -4.58. The molecule has 39 heavy (non-hydrogen) atoms. The predicted octanol–water partition coefficient (Wildman–Crippen LogP) is 8.66.